The van der Waals surface area contributed by atoms with Gasteiger partial charge in [-0.3, -0.25) is 14.4 Å². The third kappa shape index (κ3) is 51.1. The van der Waals surface area contributed by atoms with Gasteiger partial charge in [-0.1, -0.05) is 270 Å². The number of hydrogen-bond acceptors (Lipinski definition) is 6. The van der Waals surface area contributed by atoms with Gasteiger partial charge in [-0.25, -0.2) is 0 Å². The monoisotopic (exact) mass is 903 g/mol. The van der Waals surface area contributed by atoms with Crippen LogP contribution in [0.4, 0.5) is 0 Å². The van der Waals surface area contributed by atoms with E-state index < -0.39 is 6.10 Å². The maximum absolute atomic E-state index is 12.8. The lowest BCUT2D eigenvalue weighted by atomic mass is 10.0. The molecule has 0 radical (unpaired) electrons. The van der Waals surface area contributed by atoms with Crippen LogP contribution >= 0.6 is 0 Å². The second kappa shape index (κ2) is 53.8. The quantitative estimate of drug-likeness (QED) is 0.0262. The second-order valence-electron chi connectivity index (χ2n) is 19.6. The Hall–Kier alpha value is -1.85. The highest BCUT2D eigenvalue weighted by Gasteiger charge is 2.19. The smallest absolute Gasteiger partial charge is 0.306 e. The number of esters is 3. The summed E-state index contributed by atoms with van der Waals surface area (Å²) < 4.78 is 16.9. The summed E-state index contributed by atoms with van der Waals surface area (Å²) in [5, 5.41) is 0. The molecule has 6 nitrogen and oxygen atoms in total. The minimum absolute atomic E-state index is 0.0655. The van der Waals surface area contributed by atoms with Gasteiger partial charge in [0.2, 0.25) is 0 Å². The molecule has 0 saturated heterocycles. The molecule has 0 rings (SSSR count). The van der Waals surface area contributed by atoms with E-state index in [0.717, 1.165) is 57.8 Å². The van der Waals surface area contributed by atoms with Gasteiger partial charge in [0.15, 0.2) is 6.10 Å². The predicted octanol–water partition coefficient (Wildman–Crippen LogP) is 18.9. The molecule has 0 saturated carbocycles. The standard InChI is InChI=1S/C58H110O6/c1-4-7-10-13-16-19-22-25-27-28-29-30-32-33-36-39-42-45-48-51-57(60)63-54-55(53-62-56(59)50-47-44-41-38-35-24-21-18-15-12-9-6-3)64-58(61)52-49-46-43-40-37-34-31-26-23-20-17-14-11-8-5-2/h28-29,55H,4-27,30-54H2,1-3H3/b29-28-. The first-order valence-electron chi connectivity index (χ1n) is 28.7. The molecule has 1 unspecified atom stereocenters. The van der Waals surface area contributed by atoms with E-state index in [0.29, 0.717) is 19.3 Å². The molecule has 0 heterocycles. The Morgan fingerprint density at radius 1 is 0.297 bits per heavy atom. The van der Waals surface area contributed by atoms with Gasteiger partial charge in [0.1, 0.15) is 13.2 Å². The lowest BCUT2D eigenvalue weighted by molar-refractivity contribution is -0.167. The van der Waals surface area contributed by atoms with E-state index in [1.807, 2.05) is 0 Å². The van der Waals surface area contributed by atoms with Gasteiger partial charge in [-0.2, -0.15) is 0 Å². The van der Waals surface area contributed by atoms with Crippen LogP contribution < -0.4 is 0 Å². The average molecular weight is 904 g/mol. The Kier molecular flexibility index (Phi) is 52.2. The summed E-state index contributed by atoms with van der Waals surface area (Å²) in [5.74, 6) is -0.847. The number of allylic oxidation sites excluding steroid dienone is 2. The summed E-state index contributed by atoms with van der Waals surface area (Å²) in [6.45, 7) is 6.68. The van der Waals surface area contributed by atoms with E-state index in [2.05, 4.69) is 32.9 Å². The van der Waals surface area contributed by atoms with Gasteiger partial charge >= 0.3 is 17.9 Å². The predicted molar refractivity (Wildman–Crippen MR) is 275 cm³/mol. The largest absolute Gasteiger partial charge is 0.462 e. The van der Waals surface area contributed by atoms with Crippen LogP contribution in [0, 0.1) is 0 Å². The number of unbranched alkanes of at least 4 members (excludes halogenated alkanes) is 40. The van der Waals surface area contributed by atoms with Crippen LogP contribution in [0.2, 0.25) is 0 Å². The van der Waals surface area contributed by atoms with Crippen LogP contribution in [0.15, 0.2) is 12.2 Å². The molecule has 378 valence electrons. The van der Waals surface area contributed by atoms with E-state index in [4.69, 9.17) is 14.2 Å². The van der Waals surface area contributed by atoms with Crippen molar-refractivity contribution in [2.75, 3.05) is 13.2 Å². The normalized spacial score (nSPS) is 12.0. The van der Waals surface area contributed by atoms with E-state index in [1.54, 1.807) is 0 Å². The lowest BCUT2D eigenvalue weighted by Crippen LogP contribution is -2.30. The van der Waals surface area contributed by atoms with Gasteiger partial charge in [0, 0.05) is 19.3 Å². The summed E-state index contributed by atoms with van der Waals surface area (Å²) in [4.78, 5) is 38.1. The Balaban J connectivity index is 4.29. The summed E-state index contributed by atoms with van der Waals surface area (Å²) in [5.41, 5.74) is 0. The average Bonchev–Trinajstić information content (AvgIpc) is 3.29. The molecular weight excluding hydrogens is 793 g/mol. The molecule has 0 amide bonds. The van der Waals surface area contributed by atoms with E-state index in [-0.39, 0.29) is 31.1 Å². The number of carbonyl (C=O) groups excluding carboxylic acids is 3. The van der Waals surface area contributed by atoms with Crippen LogP contribution in [-0.4, -0.2) is 37.2 Å². The minimum Gasteiger partial charge on any atom is -0.462 e. The lowest BCUT2D eigenvalue weighted by Gasteiger charge is -2.18. The molecule has 1 atom stereocenters. The first-order chi connectivity index (χ1) is 31.5. The molecule has 0 aromatic carbocycles. The number of carbonyl (C=O) groups is 3. The third-order valence-electron chi connectivity index (χ3n) is 13.0. The van der Waals surface area contributed by atoms with Crippen molar-refractivity contribution in [3.63, 3.8) is 0 Å². The van der Waals surface area contributed by atoms with Crippen LogP contribution in [-0.2, 0) is 28.6 Å². The maximum Gasteiger partial charge on any atom is 0.306 e. The molecule has 0 N–H and O–H groups in total. The van der Waals surface area contributed by atoms with E-state index in [1.165, 1.54) is 225 Å². The van der Waals surface area contributed by atoms with Crippen LogP contribution in [0.3, 0.4) is 0 Å². The molecule has 6 heteroatoms. The first kappa shape index (κ1) is 62.1. The molecule has 0 bridgehead atoms. The van der Waals surface area contributed by atoms with Crippen molar-refractivity contribution in [3.05, 3.63) is 12.2 Å². The molecule has 0 fully saturated rings. The van der Waals surface area contributed by atoms with E-state index >= 15 is 0 Å². The van der Waals surface area contributed by atoms with Crippen molar-refractivity contribution in [1.29, 1.82) is 0 Å². The van der Waals surface area contributed by atoms with Crippen molar-refractivity contribution in [2.45, 2.75) is 329 Å². The van der Waals surface area contributed by atoms with Crippen molar-refractivity contribution < 1.29 is 28.6 Å². The van der Waals surface area contributed by atoms with Crippen molar-refractivity contribution in [1.82, 2.24) is 0 Å². The zero-order chi connectivity index (χ0) is 46.5. The first-order valence-corrected chi connectivity index (χ1v) is 28.7. The molecule has 0 spiro atoms. The van der Waals surface area contributed by atoms with E-state index in [9.17, 15) is 14.4 Å². The van der Waals surface area contributed by atoms with Gasteiger partial charge in [0.25, 0.3) is 0 Å². The molecule has 0 aromatic rings. The van der Waals surface area contributed by atoms with Crippen LogP contribution in [0.25, 0.3) is 0 Å². The van der Waals surface area contributed by atoms with Crippen molar-refractivity contribution in [2.24, 2.45) is 0 Å². The SMILES string of the molecule is CCCCCCCCCC/C=C\CCCCCCCCCC(=O)OCC(COC(=O)CCCCCCCCCCCCCC)OC(=O)CCCCCCCCCCCCCCCCC. The maximum atomic E-state index is 12.8. The fraction of sp³-hybridized carbons (Fsp3) is 0.914. The van der Waals surface area contributed by atoms with Gasteiger partial charge < -0.3 is 14.2 Å². The fourth-order valence-corrected chi connectivity index (χ4v) is 8.68. The molecule has 0 aliphatic carbocycles. The van der Waals surface area contributed by atoms with Gasteiger partial charge in [-0.15, -0.1) is 0 Å². The number of rotatable bonds is 53. The summed E-state index contributed by atoms with van der Waals surface area (Å²) in [7, 11) is 0. The summed E-state index contributed by atoms with van der Waals surface area (Å²) >= 11 is 0. The molecule has 0 aliphatic rings. The Morgan fingerprint density at radius 3 is 0.781 bits per heavy atom. The highest BCUT2D eigenvalue weighted by atomic mass is 16.6. The Labute approximate surface area is 399 Å². The molecule has 64 heavy (non-hydrogen) atoms. The second-order valence-corrected chi connectivity index (χ2v) is 19.6. The minimum atomic E-state index is -0.765. The van der Waals surface area contributed by atoms with Crippen LogP contribution in [0.1, 0.15) is 323 Å². The zero-order valence-corrected chi connectivity index (χ0v) is 43.3. The summed E-state index contributed by atoms with van der Waals surface area (Å²) in [6.07, 6.45) is 60.6. The van der Waals surface area contributed by atoms with Gasteiger partial charge in [-0.05, 0) is 44.9 Å². The fourth-order valence-electron chi connectivity index (χ4n) is 8.68. The molecule has 0 aromatic heterocycles. The number of hydrogen-bond donors (Lipinski definition) is 0. The number of ether oxygens (including phenoxy) is 3. The zero-order valence-electron chi connectivity index (χ0n) is 43.3. The van der Waals surface area contributed by atoms with Crippen molar-refractivity contribution in [3.8, 4) is 0 Å². The molecular formula is C58H110O6. The topological polar surface area (TPSA) is 78.9 Å². The molecule has 0 aliphatic heterocycles. The Bertz CT molecular complexity index is 993. The highest BCUT2D eigenvalue weighted by Crippen LogP contribution is 2.17. The third-order valence-corrected chi connectivity index (χ3v) is 13.0. The van der Waals surface area contributed by atoms with Crippen molar-refractivity contribution >= 4 is 17.9 Å². The highest BCUT2D eigenvalue weighted by molar-refractivity contribution is 5.71. The van der Waals surface area contributed by atoms with Crippen LogP contribution in [0.5, 0.6) is 0 Å². The summed E-state index contributed by atoms with van der Waals surface area (Å²) in [6, 6.07) is 0. The van der Waals surface area contributed by atoms with Gasteiger partial charge in [0.05, 0.1) is 0 Å². The Morgan fingerprint density at radius 2 is 0.516 bits per heavy atom.